The summed E-state index contributed by atoms with van der Waals surface area (Å²) in [4.78, 5) is 6.67. The number of pyridine rings is 1. The molecular weight excluding hydrogens is 288 g/mol. The van der Waals surface area contributed by atoms with E-state index in [1.165, 1.54) is 19.0 Å². The maximum absolute atomic E-state index is 12.8. The van der Waals surface area contributed by atoms with Gasteiger partial charge in [0.1, 0.15) is 4.90 Å². The normalized spacial score (nSPS) is 24.5. The summed E-state index contributed by atoms with van der Waals surface area (Å²) in [5.41, 5.74) is 0.606. The van der Waals surface area contributed by atoms with E-state index in [4.69, 9.17) is 0 Å². The number of likely N-dealkylation sites (tertiary alicyclic amines) is 1. The van der Waals surface area contributed by atoms with E-state index in [1.54, 1.807) is 23.6 Å². The summed E-state index contributed by atoms with van der Waals surface area (Å²) in [5, 5.41) is 2.94. The molecule has 3 heterocycles. The second kappa shape index (κ2) is 5.90. The molecule has 0 aromatic carbocycles. The molecule has 2 aliphatic rings. The van der Waals surface area contributed by atoms with Crippen molar-refractivity contribution < 1.29 is 8.42 Å². The molecule has 2 aliphatic heterocycles. The summed E-state index contributed by atoms with van der Waals surface area (Å²) in [6, 6.07) is 2.07. The van der Waals surface area contributed by atoms with Gasteiger partial charge in [0.2, 0.25) is 10.0 Å². The number of nitrogens with zero attached hydrogens (tertiary/aromatic N) is 3. The number of hydrogen-bond acceptors (Lipinski definition) is 5. The van der Waals surface area contributed by atoms with Crippen LogP contribution in [0.3, 0.4) is 0 Å². The number of aromatic nitrogens is 1. The van der Waals surface area contributed by atoms with Crippen molar-refractivity contribution in [3.05, 3.63) is 18.5 Å². The molecule has 0 amide bonds. The first-order valence-electron chi connectivity index (χ1n) is 7.49. The Hall–Kier alpha value is -1.18. The highest BCUT2D eigenvalue weighted by atomic mass is 32.2. The van der Waals surface area contributed by atoms with Crippen LogP contribution < -0.4 is 5.32 Å². The highest BCUT2D eigenvalue weighted by Gasteiger charge is 2.36. The Bertz CT molecular complexity index is 599. The average Bonchev–Trinajstić information content (AvgIpc) is 3.17. The number of rotatable bonds is 4. The van der Waals surface area contributed by atoms with Crippen LogP contribution in [0.5, 0.6) is 0 Å². The Morgan fingerprint density at radius 2 is 2.05 bits per heavy atom. The van der Waals surface area contributed by atoms with E-state index in [0.29, 0.717) is 24.8 Å². The molecule has 0 bridgehead atoms. The van der Waals surface area contributed by atoms with Gasteiger partial charge < -0.3 is 5.32 Å². The third-order valence-corrected chi connectivity index (χ3v) is 6.35. The number of hydrogen-bond donors (Lipinski definition) is 1. The Labute approximate surface area is 126 Å². The zero-order chi connectivity index (χ0) is 14.9. The minimum Gasteiger partial charge on any atom is -0.387 e. The van der Waals surface area contributed by atoms with Gasteiger partial charge in [-0.05, 0) is 38.4 Å². The predicted molar refractivity (Wildman–Crippen MR) is 81.8 cm³/mol. The van der Waals surface area contributed by atoms with Crippen LogP contribution in [0.25, 0.3) is 0 Å². The third-order valence-electron chi connectivity index (χ3n) is 4.45. The first-order valence-corrected chi connectivity index (χ1v) is 8.93. The summed E-state index contributed by atoms with van der Waals surface area (Å²) in [5.74, 6) is 0. The molecule has 21 heavy (non-hydrogen) atoms. The topological polar surface area (TPSA) is 65.5 Å². The van der Waals surface area contributed by atoms with Gasteiger partial charge in [0.05, 0.1) is 5.69 Å². The van der Waals surface area contributed by atoms with Crippen molar-refractivity contribution in [3.63, 3.8) is 0 Å². The van der Waals surface area contributed by atoms with Crippen LogP contribution >= 0.6 is 0 Å². The van der Waals surface area contributed by atoms with Crippen LogP contribution in [-0.4, -0.2) is 61.9 Å². The third kappa shape index (κ3) is 2.77. The zero-order valence-corrected chi connectivity index (χ0v) is 13.1. The van der Waals surface area contributed by atoms with E-state index in [-0.39, 0.29) is 4.90 Å². The zero-order valence-electron chi connectivity index (χ0n) is 12.3. The largest absolute Gasteiger partial charge is 0.387 e. The average molecular weight is 310 g/mol. The van der Waals surface area contributed by atoms with Crippen molar-refractivity contribution in [2.75, 3.05) is 38.5 Å². The molecule has 0 radical (unpaired) electrons. The van der Waals surface area contributed by atoms with Crippen LogP contribution in [0, 0.1) is 0 Å². The Morgan fingerprint density at radius 1 is 1.29 bits per heavy atom. The molecule has 116 valence electrons. The summed E-state index contributed by atoms with van der Waals surface area (Å²) < 4.78 is 27.2. The lowest BCUT2D eigenvalue weighted by Gasteiger charge is -2.23. The standard InChI is InChI=1S/C14H22N4O2S/c1-15-13-4-6-16-10-14(13)21(19,20)18-9-5-12(11-18)17-7-2-3-8-17/h4,6,10,12H,2-3,5,7-9,11H2,1H3,(H,15,16). The van der Waals surface area contributed by atoms with Crippen molar-refractivity contribution in [3.8, 4) is 0 Å². The lowest BCUT2D eigenvalue weighted by molar-refractivity contribution is 0.251. The molecule has 2 fully saturated rings. The molecule has 1 atom stereocenters. The van der Waals surface area contributed by atoms with E-state index < -0.39 is 10.0 Å². The van der Waals surface area contributed by atoms with Gasteiger partial charge in [-0.2, -0.15) is 4.31 Å². The monoisotopic (exact) mass is 310 g/mol. The predicted octanol–water partition coefficient (Wildman–Crippen LogP) is 0.982. The van der Waals surface area contributed by atoms with E-state index in [0.717, 1.165) is 19.5 Å². The number of nitrogens with one attached hydrogen (secondary N) is 1. The minimum atomic E-state index is -3.46. The Morgan fingerprint density at radius 3 is 2.76 bits per heavy atom. The minimum absolute atomic E-state index is 0.273. The fourth-order valence-corrected chi connectivity index (χ4v) is 4.90. The SMILES string of the molecule is CNc1ccncc1S(=O)(=O)N1CCC(N2CCCC2)C1. The van der Waals surface area contributed by atoms with E-state index in [9.17, 15) is 8.42 Å². The Kier molecular flexibility index (Phi) is 4.14. The van der Waals surface area contributed by atoms with Gasteiger partial charge in [-0.15, -0.1) is 0 Å². The van der Waals surface area contributed by atoms with Crippen molar-refractivity contribution in [2.24, 2.45) is 0 Å². The first-order chi connectivity index (χ1) is 10.1. The molecule has 2 saturated heterocycles. The number of sulfonamides is 1. The fraction of sp³-hybridized carbons (Fsp3) is 0.643. The molecule has 6 nitrogen and oxygen atoms in total. The summed E-state index contributed by atoms with van der Waals surface area (Å²) in [7, 11) is -1.73. The maximum Gasteiger partial charge on any atom is 0.246 e. The van der Waals surface area contributed by atoms with Gasteiger partial charge >= 0.3 is 0 Å². The van der Waals surface area contributed by atoms with E-state index in [2.05, 4.69) is 15.2 Å². The molecule has 1 aromatic heterocycles. The molecule has 1 N–H and O–H groups in total. The van der Waals surface area contributed by atoms with Crippen molar-refractivity contribution >= 4 is 15.7 Å². The Balaban J connectivity index is 1.79. The fourth-order valence-electron chi connectivity index (χ4n) is 3.26. The molecule has 7 heteroatoms. The highest BCUT2D eigenvalue weighted by Crippen LogP contribution is 2.28. The maximum atomic E-state index is 12.8. The summed E-state index contributed by atoms with van der Waals surface area (Å²) in [6.45, 7) is 3.41. The molecule has 0 saturated carbocycles. The van der Waals surface area contributed by atoms with Gasteiger partial charge in [0.25, 0.3) is 0 Å². The van der Waals surface area contributed by atoms with E-state index >= 15 is 0 Å². The van der Waals surface area contributed by atoms with Gasteiger partial charge in [0, 0.05) is 38.6 Å². The molecule has 0 aliphatic carbocycles. The van der Waals surface area contributed by atoms with Gasteiger partial charge in [0.15, 0.2) is 0 Å². The first kappa shape index (κ1) is 14.7. The van der Waals surface area contributed by atoms with Crippen molar-refractivity contribution in [2.45, 2.75) is 30.2 Å². The smallest absolute Gasteiger partial charge is 0.246 e. The van der Waals surface area contributed by atoms with Crippen LogP contribution in [0.15, 0.2) is 23.4 Å². The van der Waals surface area contributed by atoms with Crippen molar-refractivity contribution in [1.82, 2.24) is 14.2 Å². The lowest BCUT2D eigenvalue weighted by atomic mass is 10.2. The van der Waals surface area contributed by atoms with Gasteiger partial charge in [-0.1, -0.05) is 0 Å². The highest BCUT2D eigenvalue weighted by molar-refractivity contribution is 7.89. The van der Waals surface area contributed by atoms with Crippen LogP contribution in [0.2, 0.25) is 0 Å². The van der Waals surface area contributed by atoms with Crippen molar-refractivity contribution in [1.29, 1.82) is 0 Å². The molecule has 1 aromatic rings. The van der Waals surface area contributed by atoms with E-state index in [1.807, 2.05) is 0 Å². The molecule has 3 rings (SSSR count). The van der Waals surface area contributed by atoms with Crippen LogP contribution in [-0.2, 0) is 10.0 Å². The van der Waals surface area contributed by atoms with Gasteiger partial charge in [-0.3, -0.25) is 9.88 Å². The lowest BCUT2D eigenvalue weighted by Crippen LogP contribution is -2.37. The van der Waals surface area contributed by atoms with Crippen LogP contribution in [0.1, 0.15) is 19.3 Å². The second-order valence-corrected chi connectivity index (χ2v) is 7.58. The second-order valence-electron chi connectivity index (χ2n) is 5.67. The summed E-state index contributed by atoms with van der Waals surface area (Å²) in [6.07, 6.45) is 6.42. The van der Waals surface area contributed by atoms with Gasteiger partial charge in [-0.25, -0.2) is 8.42 Å². The molecule has 1 unspecified atom stereocenters. The quantitative estimate of drug-likeness (QED) is 0.898. The molecular formula is C14H22N4O2S. The van der Waals surface area contributed by atoms with Crippen LogP contribution in [0.4, 0.5) is 5.69 Å². The number of anilines is 1. The summed E-state index contributed by atoms with van der Waals surface area (Å²) >= 11 is 0. The molecule has 0 spiro atoms.